The van der Waals surface area contributed by atoms with E-state index < -0.39 is 22.5 Å². The van der Waals surface area contributed by atoms with Crippen molar-refractivity contribution in [3.8, 4) is 5.75 Å². The van der Waals surface area contributed by atoms with E-state index in [1.165, 1.54) is 6.21 Å². The molecule has 9 nitrogen and oxygen atoms in total. The molecule has 0 spiro atoms. The van der Waals surface area contributed by atoms with Gasteiger partial charge >= 0.3 is 0 Å². The summed E-state index contributed by atoms with van der Waals surface area (Å²) in [6.45, 7) is -0.575. The summed E-state index contributed by atoms with van der Waals surface area (Å²) in [5.74, 6) is -0.381. The van der Waals surface area contributed by atoms with Gasteiger partial charge in [0.2, 0.25) is 10.0 Å². The van der Waals surface area contributed by atoms with Gasteiger partial charge in [-0.1, -0.05) is 54.6 Å². The van der Waals surface area contributed by atoms with Gasteiger partial charge in [-0.25, -0.2) is 13.8 Å². The summed E-state index contributed by atoms with van der Waals surface area (Å²) in [6.07, 6.45) is 2.48. The van der Waals surface area contributed by atoms with Gasteiger partial charge in [0.25, 0.3) is 11.8 Å². The predicted octanol–water partition coefficient (Wildman–Crippen LogP) is 3.77. The third-order valence-electron chi connectivity index (χ3n) is 5.43. The molecule has 0 aliphatic heterocycles. The first kappa shape index (κ1) is 26.4. The highest BCUT2D eigenvalue weighted by Crippen LogP contribution is 2.28. The number of benzene rings is 4. The van der Waals surface area contributed by atoms with Gasteiger partial charge in [-0.05, 0) is 53.4 Å². The van der Waals surface area contributed by atoms with Gasteiger partial charge < -0.3 is 10.1 Å². The number of ether oxygens (including phenoxy) is 1. The zero-order chi connectivity index (χ0) is 27.0. The van der Waals surface area contributed by atoms with Gasteiger partial charge in [0.1, 0.15) is 12.3 Å². The fourth-order valence-electron chi connectivity index (χ4n) is 3.67. The summed E-state index contributed by atoms with van der Waals surface area (Å²) < 4.78 is 31.5. The first-order valence-corrected chi connectivity index (χ1v) is 13.5. The SMILES string of the molecule is CS(=O)(=O)N(CC(=O)N/N=C\c1ccc(OCC(=O)Nc2ccccc2)cc1)c1cccc2ccccc12. The van der Waals surface area contributed by atoms with Crippen molar-refractivity contribution in [2.24, 2.45) is 5.10 Å². The molecule has 0 saturated heterocycles. The predicted molar refractivity (Wildman–Crippen MR) is 149 cm³/mol. The lowest BCUT2D eigenvalue weighted by Crippen LogP contribution is -2.39. The minimum absolute atomic E-state index is 0.147. The Morgan fingerprint density at radius 2 is 1.55 bits per heavy atom. The Hall–Kier alpha value is -4.70. The van der Waals surface area contributed by atoms with Crippen molar-refractivity contribution in [1.82, 2.24) is 5.43 Å². The monoisotopic (exact) mass is 530 g/mol. The Morgan fingerprint density at radius 3 is 2.29 bits per heavy atom. The maximum absolute atomic E-state index is 12.5. The lowest BCUT2D eigenvalue weighted by molar-refractivity contribution is -0.119. The molecule has 0 aliphatic carbocycles. The number of anilines is 2. The molecule has 38 heavy (non-hydrogen) atoms. The molecule has 2 amide bonds. The molecule has 0 fully saturated rings. The number of fused-ring (bicyclic) bond motifs is 1. The van der Waals surface area contributed by atoms with Gasteiger partial charge in [-0.15, -0.1) is 0 Å². The van der Waals surface area contributed by atoms with Crippen LogP contribution in [0.15, 0.2) is 102 Å². The highest BCUT2D eigenvalue weighted by atomic mass is 32.2. The first-order valence-electron chi connectivity index (χ1n) is 11.6. The van der Waals surface area contributed by atoms with E-state index in [-0.39, 0.29) is 12.5 Å². The third kappa shape index (κ3) is 7.17. The van der Waals surface area contributed by atoms with Crippen LogP contribution in [0.4, 0.5) is 11.4 Å². The van der Waals surface area contributed by atoms with Gasteiger partial charge in [-0.2, -0.15) is 5.10 Å². The Morgan fingerprint density at radius 1 is 0.868 bits per heavy atom. The average molecular weight is 531 g/mol. The van der Waals surface area contributed by atoms with E-state index >= 15 is 0 Å². The van der Waals surface area contributed by atoms with Crippen molar-refractivity contribution in [2.45, 2.75) is 0 Å². The van der Waals surface area contributed by atoms with Crippen LogP contribution in [-0.2, 0) is 19.6 Å². The van der Waals surface area contributed by atoms with Gasteiger partial charge in [0.05, 0.1) is 18.2 Å². The number of rotatable bonds is 10. The molecule has 0 unspecified atom stereocenters. The zero-order valence-corrected chi connectivity index (χ0v) is 21.4. The Bertz CT molecular complexity index is 1550. The molecule has 194 valence electrons. The molecular formula is C28H26N4O5S. The summed E-state index contributed by atoms with van der Waals surface area (Å²) >= 11 is 0. The molecule has 10 heteroatoms. The van der Waals surface area contributed by atoms with Crippen LogP contribution in [0.1, 0.15) is 5.56 Å². The molecule has 0 atom stereocenters. The normalized spacial score (nSPS) is 11.3. The largest absolute Gasteiger partial charge is 0.484 e. The van der Waals surface area contributed by atoms with Crippen LogP contribution >= 0.6 is 0 Å². The second-order valence-electron chi connectivity index (χ2n) is 8.33. The summed E-state index contributed by atoms with van der Waals surface area (Å²) in [5, 5.41) is 8.25. The number of hydrogen-bond donors (Lipinski definition) is 2. The number of amides is 2. The summed E-state index contributed by atoms with van der Waals surface area (Å²) in [7, 11) is -3.74. The highest BCUT2D eigenvalue weighted by Gasteiger charge is 2.22. The molecule has 4 aromatic rings. The van der Waals surface area contributed by atoms with Crippen LogP contribution < -0.4 is 19.8 Å². The Labute approximate surface area is 220 Å². The molecule has 4 rings (SSSR count). The molecule has 0 aliphatic rings. The number of carbonyl (C=O) groups is 2. The molecular weight excluding hydrogens is 504 g/mol. The third-order valence-corrected chi connectivity index (χ3v) is 6.56. The Kier molecular flexibility index (Phi) is 8.34. The maximum atomic E-state index is 12.5. The van der Waals surface area contributed by atoms with Crippen molar-refractivity contribution < 1.29 is 22.7 Å². The topological polar surface area (TPSA) is 117 Å². The van der Waals surface area contributed by atoms with Crippen LogP contribution in [-0.4, -0.2) is 45.9 Å². The fourth-order valence-corrected chi connectivity index (χ4v) is 4.54. The van der Waals surface area contributed by atoms with Crippen LogP contribution in [0, 0.1) is 0 Å². The Balaban J connectivity index is 1.32. The number of para-hydroxylation sites is 1. The zero-order valence-electron chi connectivity index (χ0n) is 20.6. The first-order chi connectivity index (χ1) is 18.3. The number of carbonyl (C=O) groups excluding carboxylic acids is 2. The second kappa shape index (κ2) is 12.0. The van der Waals surface area contributed by atoms with E-state index in [2.05, 4.69) is 15.8 Å². The van der Waals surface area contributed by atoms with Crippen molar-refractivity contribution >= 4 is 50.2 Å². The molecule has 0 radical (unpaired) electrons. The van der Waals surface area contributed by atoms with Gasteiger partial charge in [0, 0.05) is 11.1 Å². The number of nitrogens with one attached hydrogen (secondary N) is 2. The maximum Gasteiger partial charge on any atom is 0.262 e. The van der Waals surface area contributed by atoms with E-state index in [1.54, 1.807) is 48.5 Å². The fraction of sp³-hybridized carbons (Fsp3) is 0.107. The molecule has 4 aromatic carbocycles. The van der Waals surface area contributed by atoms with E-state index in [0.717, 1.165) is 21.3 Å². The number of nitrogens with zero attached hydrogens (tertiary/aromatic N) is 2. The summed E-state index contributed by atoms with van der Waals surface area (Å²) in [6, 6.07) is 28.5. The van der Waals surface area contributed by atoms with Crippen molar-refractivity contribution in [2.75, 3.05) is 29.0 Å². The van der Waals surface area contributed by atoms with E-state index in [1.807, 2.05) is 48.5 Å². The number of hydrazone groups is 1. The van der Waals surface area contributed by atoms with Crippen molar-refractivity contribution in [3.63, 3.8) is 0 Å². The van der Waals surface area contributed by atoms with Gasteiger partial charge in [0.15, 0.2) is 6.61 Å². The van der Waals surface area contributed by atoms with Crippen molar-refractivity contribution in [1.29, 1.82) is 0 Å². The smallest absolute Gasteiger partial charge is 0.262 e. The molecule has 0 aromatic heterocycles. The lowest BCUT2D eigenvalue weighted by Gasteiger charge is -2.23. The molecule has 0 heterocycles. The van der Waals surface area contributed by atoms with Crippen LogP contribution in [0.25, 0.3) is 10.8 Å². The van der Waals surface area contributed by atoms with Crippen LogP contribution in [0.2, 0.25) is 0 Å². The average Bonchev–Trinajstić information content (AvgIpc) is 2.91. The van der Waals surface area contributed by atoms with E-state index in [4.69, 9.17) is 4.74 Å². The van der Waals surface area contributed by atoms with E-state index in [0.29, 0.717) is 22.7 Å². The minimum Gasteiger partial charge on any atom is -0.484 e. The van der Waals surface area contributed by atoms with E-state index in [9.17, 15) is 18.0 Å². The lowest BCUT2D eigenvalue weighted by atomic mass is 10.1. The number of sulfonamides is 1. The molecule has 2 N–H and O–H groups in total. The van der Waals surface area contributed by atoms with Crippen LogP contribution in [0.5, 0.6) is 5.75 Å². The summed E-state index contributed by atoms with van der Waals surface area (Å²) in [4.78, 5) is 24.6. The van der Waals surface area contributed by atoms with Crippen molar-refractivity contribution in [3.05, 3.63) is 103 Å². The highest BCUT2D eigenvalue weighted by molar-refractivity contribution is 7.92. The minimum atomic E-state index is -3.74. The number of hydrogen-bond acceptors (Lipinski definition) is 6. The van der Waals surface area contributed by atoms with Gasteiger partial charge in [-0.3, -0.25) is 13.9 Å². The quantitative estimate of drug-likeness (QED) is 0.239. The molecule has 0 saturated carbocycles. The summed E-state index contributed by atoms with van der Waals surface area (Å²) in [5.41, 5.74) is 4.14. The second-order valence-corrected chi connectivity index (χ2v) is 10.2. The van der Waals surface area contributed by atoms with Crippen LogP contribution in [0.3, 0.4) is 0 Å². The molecule has 0 bridgehead atoms. The standard InChI is InChI=1S/C28H26N4O5S/c1-38(35,36)32(26-13-7-9-22-8-5-6-12-25(22)26)19-27(33)31-29-18-21-14-16-24(17-15-21)37-20-28(34)30-23-10-3-2-4-11-23/h2-18H,19-20H2,1H3,(H,30,34)(H,31,33)/b29-18-.